The molecule has 0 fully saturated rings. The van der Waals surface area contributed by atoms with E-state index >= 15 is 0 Å². The van der Waals surface area contributed by atoms with Crippen LogP contribution in [0.2, 0.25) is 0 Å². The molecule has 0 unspecified atom stereocenters. The second-order valence-electron chi connectivity index (χ2n) is 7.62. The topological polar surface area (TPSA) is 108 Å². The summed E-state index contributed by atoms with van der Waals surface area (Å²) in [6.07, 6.45) is 0. The van der Waals surface area contributed by atoms with E-state index in [4.69, 9.17) is 14.2 Å². The molecule has 0 aliphatic heterocycles. The number of benzene rings is 3. The highest BCUT2D eigenvalue weighted by Crippen LogP contribution is 2.33. The molecule has 0 saturated heterocycles. The van der Waals surface area contributed by atoms with E-state index in [-0.39, 0.29) is 4.90 Å². The molecule has 4 rings (SSSR count). The van der Waals surface area contributed by atoms with Gasteiger partial charge in [0.2, 0.25) is 0 Å². The van der Waals surface area contributed by atoms with Gasteiger partial charge in [0.25, 0.3) is 15.9 Å². The first-order valence-electron chi connectivity index (χ1n) is 10.9. The Morgan fingerprint density at radius 3 is 2.28 bits per heavy atom. The van der Waals surface area contributed by atoms with Gasteiger partial charge in [-0.25, -0.2) is 8.42 Å². The summed E-state index contributed by atoms with van der Waals surface area (Å²) in [6.45, 7) is 0.913. The fraction of sp³-hybridized carbons (Fsp3) is 0.200. The number of anilines is 1. The molecule has 4 aromatic rings. The lowest BCUT2D eigenvalue weighted by Gasteiger charge is -2.09. The van der Waals surface area contributed by atoms with Gasteiger partial charge in [-0.05, 0) is 36.4 Å². The first kappa shape index (κ1) is 25.4. The van der Waals surface area contributed by atoms with Crippen LogP contribution in [0.1, 0.15) is 10.4 Å². The number of amides is 1. The van der Waals surface area contributed by atoms with E-state index in [9.17, 15) is 13.2 Å². The summed E-state index contributed by atoms with van der Waals surface area (Å²) in [5, 5.41) is 0. The number of ether oxygens (including phenoxy) is 3. The molecular weight excluding hydrogens is 502 g/mol. The average molecular weight is 528 g/mol. The highest BCUT2D eigenvalue weighted by molar-refractivity contribution is 7.92. The third-order valence-electron chi connectivity index (χ3n) is 5.34. The van der Waals surface area contributed by atoms with Gasteiger partial charge in [0, 0.05) is 37.0 Å². The molecule has 0 atom stereocenters. The summed E-state index contributed by atoms with van der Waals surface area (Å²) in [4.78, 5) is 18.0. The summed E-state index contributed by atoms with van der Waals surface area (Å²) in [5.41, 5.74) is 1.50. The zero-order valence-electron chi connectivity index (χ0n) is 19.9. The number of hydrogen-bond donors (Lipinski definition) is 1. The predicted octanol–water partition coefficient (Wildman–Crippen LogP) is 3.91. The van der Waals surface area contributed by atoms with Crippen LogP contribution in [0.25, 0.3) is 10.2 Å². The van der Waals surface area contributed by atoms with E-state index in [0.717, 1.165) is 10.2 Å². The van der Waals surface area contributed by atoms with Crippen molar-refractivity contribution in [3.05, 3.63) is 77.1 Å². The zero-order chi connectivity index (χ0) is 25.7. The van der Waals surface area contributed by atoms with Gasteiger partial charge in [-0.15, -0.1) is 0 Å². The lowest BCUT2D eigenvalue weighted by molar-refractivity contribution is 0.0997. The number of methoxy groups -OCH3 is 3. The van der Waals surface area contributed by atoms with Crippen LogP contribution in [0, 0.1) is 0 Å². The predicted molar refractivity (Wildman–Crippen MR) is 138 cm³/mol. The fourth-order valence-electron chi connectivity index (χ4n) is 3.53. The molecule has 1 aromatic heterocycles. The third-order valence-corrected chi connectivity index (χ3v) is 7.78. The fourth-order valence-corrected chi connectivity index (χ4v) is 5.67. The first-order valence-corrected chi connectivity index (χ1v) is 13.2. The average Bonchev–Trinajstić information content (AvgIpc) is 3.22. The van der Waals surface area contributed by atoms with Crippen LogP contribution in [0.3, 0.4) is 0 Å². The molecule has 1 heterocycles. The van der Waals surface area contributed by atoms with Crippen LogP contribution in [0.15, 0.2) is 76.6 Å². The van der Waals surface area contributed by atoms with Crippen molar-refractivity contribution in [3.8, 4) is 11.5 Å². The van der Waals surface area contributed by atoms with Gasteiger partial charge in [0.1, 0.15) is 0 Å². The summed E-state index contributed by atoms with van der Waals surface area (Å²) in [7, 11) is 1.00. The minimum absolute atomic E-state index is 0.152. The minimum atomic E-state index is -3.73. The van der Waals surface area contributed by atoms with Crippen LogP contribution >= 0.6 is 11.3 Å². The molecule has 1 amide bonds. The zero-order valence-corrected chi connectivity index (χ0v) is 21.6. The SMILES string of the molecule is COCCn1c(=NC(=O)c2ccc(NS(=O)(=O)c3ccccc3)cc2)sc2cc(OC)c(OC)cc21. The molecule has 36 heavy (non-hydrogen) atoms. The summed E-state index contributed by atoms with van der Waals surface area (Å²) in [6, 6.07) is 17.9. The van der Waals surface area contributed by atoms with Crippen LogP contribution in [-0.4, -0.2) is 46.8 Å². The van der Waals surface area contributed by atoms with E-state index in [2.05, 4.69) is 9.71 Å². The molecule has 0 bridgehead atoms. The number of carbonyl (C=O) groups excluding carboxylic acids is 1. The third kappa shape index (κ3) is 5.43. The van der Waals surface area contributed by atoms with E-state index in [1.54, 1.807) is 39.5 Å². The lowest BCUT2D eigenvalue weighted by atomic mass is 10.2. The number of nitrogens with one attached hydrogen (secondary N) is 1. The maximum Gasteiger partial charge on any atom is 0.279 e. The molecular formula is C25H25N3O6S2. The minimum Gasteiger partial charge on any atom is -0.493 e. The number of carbonyl (C=O) groups is 1. The number of hydrogen-bond acceptors (Lipinski definition) is 7. The van der Waals surface area contributed by atoms with Crippen molar-refractivity contribution in [2.75, 3.05) is 32.7 Å². The Labute approximate surface area is 212 Å². The largest absolute Gasteiger partial charge is 0.493 e. The van der Waals surface area contributed by atoms with Crippen molar-refractivity contribution in [3.63, 3.8) is 0 Å². The number of fused-ring (bicyclic) bond motifs is 1. The molecule has 0 aliphatic rings. The second kappa shape index (κ2) is 10.9. The lowest BCUT2D eigenvalue weighted by Crippen LogP contribution is -2.19. The van der Waals surface area contributed by atoms with Gasteiger partial charge in [0.15, 0.2) is 16.3 Å². The summed E-state index contributed by atoms with van der Waals surface area (Å²) >= 11 is 1.35. The Morgan fingerprint density at radius 1 is 0.972 bits per heavy atom. The van der Waals surface area contributed by atoms with Crippen molar-refractivity contribution >= 4 is 43.2 Å². The van der Waals surface area contributed by atoms with Gasteiger partial charge < -0.3 is 18.8 Å². The second-order valence-corrected chi connectivity index (χ2v) is 10.3. The Morgan fingerprint density at radius 2 is 1.64 bits per heavy atom. The number of sulfonamides is 1. The molecule has 0 radical (unpaired) electrons. The van der Waals surface area contributed by atoms with Gasteiger partial charge in [0.05, 0.1) is 35.9 Å². The normalized spacial score (nSPS) is 12.0. The molecule has 9 nitrogen and oxygen atoms in total. The molecule has 188 valence electrons. The maximum atomic E-state index is 13.0. The monoisotopic (exact) mass is 527 g/mol. The number of rotatable bonds is 9. The highest BCUT2D eigenvalue weighted by Gasteiger charge is 2.16. The van der Waals surface area contributed by atoms with Gasteiger partial charge in [-0.3, -0.25) is 9.52 Å². The maximum absolute atomic E-state index is 13.0. The first-order chi connectivity index (χ1) is 17.4. The van der Waals surface area contributed by atoms with E-state index in [0.29, 0.717) is 40.7 Å². The quantitative estimate of drug-likeness (QED) is 0.354. The Bertz CT molecular complexity index is 1540. The van der Waals surface area contributed by atoms with E-state index < -0.39 is 15.9 Å². The molecule has 1 N–H and O–H groups in total. The number of nitrogens with zero attached hydrogens (tertiary/aromatic N) is 2. The van der Waals surface area contributed by atoms with Crippen molar-refractivity contribution in [2.24, 2.45) is 4.99 Å². The summed E-state index contributed by atoms with van der Waals surface area (Å²) in [5.74, 6) is 0.695. The molecule has 0 spiro atoms. The van der Waals surface area contributed by atoms with Crippen molar-refractivity contribution in [1.82, 2.24) is 4.57 Å². The molecule has 0 saturated carbocycles. The van der Waals surface area contributed by atoms with Gasteiger partial charge >= 0.3 is 0 Å². The Hall–Kier alpha value is -3.67. The number of thiazole rings is 1. The summed E-state index contributed by atoms with van der Waals surface area (Å²) < 4.78 is 46.4. The Balaban J connectivity index is 1.65. The molecule has 11 heteroatoms. The molecule has 0 aliphatic carbocycles. The van der Waals surface area contributed by atoms with Crippen molar-refractivity contribution in [2.45, 2.75) is 11.4 Å². The van der Waals surface area contributed by atoms with Gasteiger partial charge in [-0.2, -0.15) is 4.99 Å². The standard InChI is InChI=1S/C25H25N3O6S2/c1-32-14-13-28-20-15-21(33-2)22(34-3)16-23(20)35-25(28)26-24(29)17-9-11-18(12-10-17)27-36(30,31)19-7-5-4-6-8-19/h4-12,15-16,27H,13-14H2,1-3H3. The van der Waals surface area contributed by atoms with Crippen LogP contribution in [-0.2, 0) is 21.3 Å². The van der Waals surface area contributed by atoms with E-state index in [1.165, 1.54) is 47.7 Å². The van der Waals surface area contributed by atoms with E-state index in [1.807, 2.05) is 16.7 Å². The van der Waals surface area contributed by atoms with Gasteiger partial charge in [-0.1, -0.05) is 29.5 Å². The number of aromatic nitrogens is 1. The van der Waals surface area contributed by atoms with Crippen LogP contribution in [0.4, 0.5) is 5.69 Å². The van der Waals surface area contributed by atoms with Crippen LogP contribution in [0.5, 0.6) is 11.5 Å². The van der Waals surface area contributed by atoms with Crippen LogP contribution < -0.4 is 19.0 Å². The smallest absolute Gasteiger partial charge is 0.279 e. The molecule has 3 aromatic carbocycles. The highest BCUT2D eigenvalue weighted by atomic mass is 32.2. The Kier molecular flexibility index (Phi) is 7.73. The van der Waals surface area contributed by atoms with Crippen molar-refractivity contribution in [1.29, 1.82) is 0 Å². The van der Waals surface area contributed by atoms with Crippen molar-refractivity contribution < 1.29 is 27.4 Å².